The number of benzene rings is 1. The summed E-state index contributed by atoms with van der Waals surface area (Å²) < 4.78 is 12.0. The van der Waals surface area contributed by atoms with Crippen molar-refractivity contribution < 1.29 is 19.1 Å². The van der Waals surface area contributed by atoms with Crippen LogP contribution in [0.1, 0.15) is 37.2 Å². The van der Waals surface area contributed by atoms with Crippen LogP contribution in [0.3, 0.4) is 0 Å². The molecule has 0 aliphatic heterocycles. The maximum absolute atomic E-state index is 12.2. The number of esters is 1. The van der Waals surface area contributed by atoms with Crippen molar-refractivity contribution in [1.82, 2.24) is 9.78 Å². The van der Waals surface area contributed by atoms with Crippen molar-refractivity contribution >= 4 is 17.7 Å². The van der Waals surface area contributed by atoms with Crippen LogP contribution in [-0.2, 0) is 9.53 Å². The van der Waals surface area contributed by atoms with Gasteiger partial charge in [-0.2, -0.15) is 5.10 Å². The third-order valence-electron chi connectivity index (χ3n) is 3.39. The van der Waals surface area contributed by atoms with E-state index >= 15 is 0 Å². The van der Waals surface area contributed by atoms with Gasteiger partial charge in [0.05, 0.1) is 13.3 Å². The molecule has 0 unspecified atom stereocenters. The Balaban J connectivity index is 2.03. The molecule has 7 heteroatoms. The van der Waals surface area contributed by atoms with E-state index in [-0.39, 0.29) is 11.6 Å². The Morgan fingerprint density at radius 1 is 1.17 bits per heavy atom. The number of carbonyl (C=O) groups excluding carboxylic acids is 2. The van der Waals surface area contributed by atoms with Gasteiger partial charge in [0.2, 0.25) is 0 Å². The largest absolute Gasteiger partial charge is 0.496 e. The summed E-state index contributed by atoms with van der Waals surface area (Å²) in [5.74, 6) is -0.101. The lowest BCUT2D eigenvalue weighted by atomic mass is 10.2. The van der Waals surface area contributed by atoms with Crippen molar-refractivity contribution in [3.05, 3.63) is 42.1 Å². The van der Waals surface area contributed by atoms with Gasteiger partial charge in [-0.1, -0.05) is 12.1 Å². The summed E-state index contributed by atoms with van der Waals surface area (Å²) in [6.07, 6.45) is 0.638. The number of hydrogen-bond donors (Lipinski definition) is 1. The lowest BCUT2D eigenvalue weighted by molar-refractivity contribution is -0.123. The van der Waals surface area contributed by atoms with E-state index in [9.17, 15) is 9.59 Å². The van der Waals surface area contributed by atoms with Gasteiger partial charge < -0.3 is 14.8 Å². The smallest absolute Gasteiger partial charge is 0.342 e. The molecule has 2 rings (SSSR count). The quantitative estimate of drug-likeness (QED) is 0.823. The van der Waals surface area contributed by atoms with Gasteiger partial charge in [0.15, 0.2) is 6.10 Å². The molecule has 0 fully saturated rings. The summed E-state index contributed by atoms with van der Waals surface area (Å²) in [7, 11) is 1.47. The Morgan fingerprint density at radius 3 is 2.54 bits per heavy atom. The standard InChI is InChI=1S/C17H21N3O4/c1-11(2)20-15(9-10-18-20)19-16(21)12(3)24-17(22)13-7-5-6-8-14(13)23-4/h5-12H,1-4H3,(H,19,21)/t12-/m0/s1. The Kier molecular flexibility index (Phi) is 5.57. The third-order valence-corrected chi connectivity index (χ3v) is 3.39. The molecule has 0 aliphatic carbocycles. The molecule has 0 aliphatic rings. The summed E-state index contributed by atoms with van der Waals surface area (Å²) >= 11 is 0. The first-order valence-corrected chi connectivity index (χ1v) is 7.62. The van der Waals surface area contributed by atoms with Crippen LogP contribution < -0.4 is 10.1 Å². The van der Waals surface area contributed by atoms with Gasteiger partial charge in [-0.25, -0.2) is 9.48 Å². The Hall–Kier alpha value is -2.83. The highest BCUT2D eigenvalue weighted by atomic mass is 16.5. The van der Waals surface area contributed by atoms with E-state index < -0.39 is 18.0 Å². The highest BCUT2D eigenvalue weighted by molar-refractivity contribution is 5.98. The molecule has 0 saturated heterocycles. The predicted molar refractivity (Wildman–Crippen MR) is 89.1 cm³/mol. The molecule has 7 nitrogen and oxygen atoms in total. The van der Waals surface area contributed by atoms with E-state index in [0.29, 0.717) is 11.6 Å². The van der Waals surface area contributed by atoms with Gasteiger partial charge in [0.25, 0.3) is 5.91 Å². The molecule has 128 valence electrons. The highest BCUT2D eigenvalue weighted by Gasteiger charge is 2.22. The summed E-state index contributed by atoms with van der Waals surface area (Å²) in [6, 6.07) is 8.47. The zero-order valence-corrected chi connectivity index (χ0v) is 14.1. The number of ether oxygens (including phenoxy) is 2. The molecule has 1 aromatic heterocycles. The molecule has 0 saturated carbocycles. The first-order chi connectivity index (χ1) is 11.4. The second-order valence-electron chi connectivity index (χ2n) is 5.49. The minimum Gasteiger partial charge on any atom is -0.496 e. The van der Waals surface area contributed by atoms with E-state index in [1.54, 1.807) is 41.2 Å². The van der Waals surface area contributed by atoms with Crippen molar-refractivity contribution in [2.45, 2.75) is 32.9 Å². The fourth-order valence-corrected chi connectivity index (χ4v) is 2.14. The van der Waals surface area contributed by atoms with Gasteiger partial charge in [0, 0.05) is 12.1 Å². The van der Waals surface area contributed by atoms with Crippen molar-refractivity contribution in [1.29, 1.82) is 0 Å². The van der Waals surface area contributed by atoms with Crippen LogP contribution >= 0.6 is 0 Å². The van der Waals surface area contributed by atoms with Gasteiger partial charge in [-0.15, -0.1) is 0 Å². The van der Waals surface area contributed by atoms with Crippen LogP contribution in [-0.4, -0.2) is 34.9 Å². The Bertz CT molecular complexity index is 724. The fourth-order valence-electron chi connectivity index (χ4n) is 2.14. The average Bonchev–Trinajstić information content (AvgIpc) is 3.02. The van der Waals surface area contributed by atoms with Crippen LogP contribution in [0.15, 0.2) is 36.5 Å². The maximum atomic E-state index is 12.2. The monoisotopic (exact) mass is 331 g/mol. The molecule has 1 amide bonds. The number of aromatic nitrogens is 2. The molecular formula is C17H21N3O4. The van der Waals surface area contributed by atoms with Crippen molar-refractivity contribution in [3.63, 3.8) is 0 Å². The number of rotatable bonds is 6. The van der Waals surface area contributed by atoms with E-state index in [1.165, 1.54) is 14.0 Å². The minimum atomic E-state index is -0.960. The molecule has 24 heavy (non-hydrogen) atoms. The lowest BCUT2D eigenvalue weighted by Gasteiger charge is -2.16. The molecule has 1 atom stereocenters. The van der Waals surface area contributed by atoms with E-state index in [1.807, 2.05) is 13.8 Å². The van der Waals surface area contributed by atoms with E-state index in [0.717, 1.165) is 0 Å². The summed E-state index contributed by atoms with van der Waals surface area (Å²) in [5, 5.41) is 6.85. The number of anilines is 1. The zero-order valence-electron chi connectivity index (χ0n) is 14.1. The summed E-state index contributed by atoms with van der Waals surface area (Å²) in [5.41, 5.74) is 0.270. The van der Waals surface area contributed by atoms with Crippen molar-refractivity contribution in [2.75, 3.05) is 12.4 Å². The summed E-state index contributed by atoms with van der Waals surface area (Å²) in [6.45, 7) is 5.42. The van der Waals surface area contributed by atoms with Crippen LogP contribution in [0.4, 0.5) is 5.82 Å². The number of amides is 1. The molecule has 1 aromatic carbocycles. The number of nitrogens with zero attached hydrogens (tertiary/aromatic N) is 2. The minimum absolute atomic E-state index is 0.0988. The molecule has 2 aromatic rings. The molecule has 0 spiro atoms. The third kappa shape index (κ3) is 3.92. The molecule has 1 N–H and O–H groups in total. The van der Waals surface area contributed by atoms with Gasteiger partial charge in [0.1, 0.15) is 17.1 Å². The molecule has 0 bridgehead atoms. The number of para-hydroxylation sites is 1. The van der Waals surface area contributed by atoms with Crippen LogP contribution in [0.25, 0.3) is 0 Å². The maximum Gasteiger partial charge on any atom is 0.342 e. The van der Waals surface area contributed by atoms with Crippen molar-refractivity contribution in [2.24, 2.45) is 0 Å². The normalized spacial score (nSPS) is 11.9. The Labute approximate surface area is 140 Å². The molecule has 1 heterocycles. The van der Waals surface area contributed by atoms with Gasteiger partial charge in [-0.3, -0.25) is 4.79 Å². The second-order valence-corrected chi connectivity index (χ2v) is 5.49. The summed E-state index contributed by atoms with van der Waals surface area (Å²) in [4.78, 5) is 24.5. The van der Waals surface area contributed by atoms with Crippen LogP contribution in [0.5, 0.6) is 5.75 Å². The SMILES string of the molecule is COc1ccccc1C(=O)O[C@@H](C)C(=O)Nc1ccnn1C(C)C. The number of carbonyl (C=O) groups is 2. The number of hydrogen-bond acceptors (Lipinski definition) is 5. The fraction of sp³-hybridized carbons (Fsp3) is 0.353. The van der Waals surface area contributed by atoms with Gasteiger partial charge in [-0.05, 0) is 32.9 Å². The molecule has 0 radical (unpaired) electrons. The number of methoxy groups -OCH3 is 1. The lowest BCUT2D eigenvalue weighted by Crippen LogP contribution is -2.31. The number of nitrogens with one attached hydrogen (secondary N) is 1. The Morgan fingerprint density at radius 2 is 1.88 bits per heavy atom. The van der Waals surface area contributed by atoms with Crippen LogP contribution in [0, 0.1) is 0 Å². The van der Waals surface area contributed by atoms with E-state index in [4.69, 9.17) is 9.47 Å². The zero-order chi connectivity index (χ0) is 17.7. The van der Waals surface area contributed by atoms with Crippen molar-refractivity contribution in [3.8, 4) is 5.75 Å². The predicted octanol–water partition coefficient (Wildman–Crippen LogP) is 2.66. The first-order valence-electron chi connectivity index (χ1n) is 7.62. The molecular weight excluding hydrogens is 310 g/mol. The topological polar surface area (TPSA) is 82.4 Å². The van der Waals surface area contributed by atoms with Crippen LogP contribution in [0.2, 0.25) is 0 Å². The van der Waals surface area contributed by atoms with Gasteiger partial charge >= 0.3 is 5.97 Å². The first kappa shape index (κ1) is 17.5. The highest BCUT2D eigenvalue weighted by Crippen LogP contribution is 2.19. The second kappa shape index (κ2) is 7.63. The average molecular weight is 331 g/mol. The van der Waals surface area contributed by atoms with E-state index in [2.05, 4.69) is 10.4 Å².